The molecule has 0 aliphatic carbocycles. The molecule has 1 atom stereocenters. The highest BCUT2D eigenvalue weighted by Gasteiger charge is 2.14. The largest absolute Gasteiger partial charge is 0.481 e. The topological polar surface area (TPSA) is 47.6 Å². The quantitative estimate of drug-likeness (QED) is 0.587. The average molecular weight is 281 g/mol. The van der Waals surface area contributed by atoms with Crippen LogP contribution in [-0.4, -0.2) is 31.8 Å². The number of carbonyl (C=O) groups excluding carboxylic acids is 1. The first-order valence-corrected chi connectivity index (χ1v) is 6.41. The van der Waals surface area contributed by atoms with Crippen LogP contribution in [0.4, 0.5) is 4.39 Å². The van der Waals surface area contributed by atoms with Crippen LogP contribution < -0.4 is 10.1 Å². The maximum absolute atomic E-state index is 13.0. The lowest BCUT2D eigenvalue weighted by molar-refractivity contribution is -0.127. The second-order valence-electron chi connectivity index (χ2n) is 4.52. The SMILES string of the molecule is C=C(C)COCCNC(=O)C(C)Oc1cccc(F)c1. The van der Waals surface area contributed by atoms with Crippen LogP contribution in [0.1, 0.15) is 13.8 Å². The van der Waals surface area contributed by atoms with Crippen LogP contribution in [-0.2, 0) is 9.53 Å². The Bertz CT molecular complexity index is 462. The van der Waals surface area contributed by atoms with Crippen molar-refractivity contribution in [1.29, 1.82) is 0 Å². The number of hydrogen-bond donors (Lipinski definition) is 1. The van der Waals surface area contributed by atoms with Gasteiger partial charge in [-0.15, -0.1) is 0 Å². The van der Waals surface area contributed by atoms with E-state index in [1.807, 2.05) is 6.92 Å². The lowest BCUT2D eigenvalue weighted by Crippen LogP contribution is -2.38. The number of nitrogens with one attached hydrogen (secondary N) is 1. The van der Waals surface area contributed by atoms with Crippen molar-refractivity contribution >= 4 is 5.91 Å². The highest BCUT2D eigenvalue weighted by atomic mass is 19.1. The van der Waals surface area contributed by atoms with E-state index in [0.29, 0.717) is 25.5 Å². The zero-order valence-electron chi connectivity index (χ0n) is 11.8. The van der Waals surface area contributed by atoms with Gasteiger partial charge in [0.2, 0.25) is 0 Å². The molecule has 4 nitrogen and oxygen atoms in total. The van der Waals surface area contributed by atoms with E-state index in [1.165, 1.54) is 18.2 Å². The summed E-state index contributed by atoms with van der Waals surface area (Å²) in [4.78, 5) is 11.7. The minimum Gasteiger partial charge on any atom is -0.481 e. The Hall–Kier alpha value is -1.88. The molecule has 1 aromatic rings. The van der Waals surface area contributed by atoms with Gasteiger partial charge in [-0.2, -0.15) is 0 Å². The number of benzene rings is 1. The number of hydrogen-bond acceptors (Lipinski definition) is 3. The van der Waals surface area contributed by atoms with Gasteiger partial charge in [0.15, 0.2) is 6.10 Å². The van der Waals surface area contributed by atoms with Crippen molar-refractivity contribution in [2.75, 3.05) is 19.8 Å². The first-order chi connectivity index (χ1) is 9.49. The third kappa shape index (κ3) is 6.33. The van der Waals surface area contributed by atoms with Crippen molar-refractivity contribution in [2.45, 2.75) is 20.0 Å². The number of halogens is 1. The molecule has 0 bridgehead atoms. The maximum atomic E-state index is 13.0. The molecule has 0 fully saturated rings. The van der Waals surface area contributed by atoms with Crippen molar-refractivity contribution in [3.8, 4) is 5.75 Å². The van der Waals surface area contributed by atoms with Crippen LogP contribution in [0, 0.1) is 5.82 Å². The van der Waals surface area contributed by atoms with Crippen molar-refractivity contribution < 1.29 is 18.7 Å². The molecule has 5 heteroatoms. The molecule has 0 saturated heterocycles. The van der Waals surface area contributed by atoms with E-state index < -0.39 is 11.9 Å². The molecule has 20 heavy (non-hydrogen) atoms. The van der Waals surface area contributed by atoms with Gasteiger partial charge in [-0.1, -0.05) is 18.2 Å². The van der Waals surface area contributed by atoms with E-state index in [9.17, 15) is 9.18 Å². The molecule has 110 valence electrons. The van der Waals surface area contributed by atoms with Gasteiger partial charge in [0.25, 0.3) is 5.91 Å². The van der Waals surface area contributed by atoms with Crippen molar-refractivity contribution in [3.05, 3.63) is 42.2 Å². The smallest absolute Gasteiger partial charge is 0.260 e. The first kappa shape index (κ1) is 16.2. The molecule has 1 N–H and O–H groups in total. The predicted molar refractivity (Wildman–Crippen MR) is 75.1 cm³/mol. The summed E-state index contributed by atoms with van der Waals surface area (Å²) in [5.41, 5.74) is 0.930. The Morgan fingerprint density at radius 2 is 2.25 bits per heavy atom. The fraction of sp³-hybridized carbons (Fsp3) is 0.400. The van der Waals surface area contributed by atoms with E-state index in [2.05, 4.69) is 11.9 Å². The van der Waals surface area contributed by atoms with Gasteiger partial charge in [0.1, 0.15) is 11.6 Å². The highest BCUT2D eigenvalue weighted by Crippen LogP contribution is 2.13. The van der Waals surface area contributed by atoms with Crippen LogP contribution in [0.15, 0.2) is 36.4 Å². The monoisotopic (exact) mass is 281 g/mol. The molecule has 0 aliphatic rings. The predicted octanol–water partition coefficient (Wildman–Crippen LogP) is 2.30. The third-order valence-electron chi connectivity index (χ3n) is 2.37. The summed E-state index contributed by atoms with van der Waals surface area (Å²) in [5.74, 6) is -0.345. The summed E-state index contributed by atoms with van der Waals surface area (Å²) in [6.07, 6.45) is -0.696. The van der Waals surface area contributed by atoms with Crippen molar-refractivity contribution in [3.63, 3.8) is 0 Å². The Kier molecular flexibility index (Phi) is 6.73. The van der Waals surface area contributed by atoms with Crippen LogP contribution in [0.5, 0.6) is 5.75 Å². The van der Waals surface area contributed by atoms with E-state index in [4.69, 9.17) is 9.47 Å². The van der Waals surface area contributed by atoms with Crippen LogP contribution in [0.2, 0.25) is 0 Å². The zero-order chi connectivity index (χ0) is 15.0. The number of carbonyl (C=O) groups is 1. The molecular formula is C15H20FNO3. The molecule has 0 radical (unpaired) electrons. The lowest BCUT2D eigenvalue weighted by atomic mass is 10.3. The molecule has 1 aromatic carbocycles. The van der Waals surface area contributed by atoms with Gasteiger partial charge in [-0.3, -0.25) is 4.79 Å². The van der Waals surface area contributed by atoms with Crippen LogP contribution >= 0.6 is 0 Å². The Morgan fingerprint density at radius 1 is 1.50 bits per heavy atom. The van der Waals surface area contributed by atoms with Crippen molar-refractivity contribution in [2.24, 2.45) is 0 Å². The summed E-state index contributed by atoms with van der Waals surface area (Å²) in [6.45, 7) is 8.46. The Morgan fingerprint density at radius 3 is 2.90 bits per heavy atom. The maximum Gasteiger partial charge on any atom is 0.260 e. The van der Waals surface area contributed by atoms with Crippen LogP contribution in [0.3, 0.4) is 0 Å². The van der Waals surface area contributed by atoms with Gasteiger partial charge in [0.05, 0.1) is 13.2 Å². The standard InChI is InChI=1S/C15H20FNO3/c1-11(2)10-19-8-7-17-15(18)12(3)20-14-6-4-5-13(16)9-14/h4-6,9,12H,1,7-8,10H2,2-3H3,(H,17,18). The fourth-order valence-corrected chi connectivity index (χ4v) is 1.43. The van der Waals surface area contributed by atoms with Gasteiger partial charge in [0, 0.05) is 12.6 Å². The minimum atomic E-state index is -0.696. The summed E-state index contributed by atoms with van der Waals surface area (Å²) >= 11 is 0. The second kappa shape index (κ2) is 8.32. The molecular weight excluding hydrogens is 261 g/mol. The van der Waals surface area contributed by atoms with Gasteiger partial charge in [-0.25, -0.2) is 4.39 Å². The minimum absolute atomic E-state index is 0.270. The van der Waals surface area contributed by atoms with E-state index >= 15 is 0 Å². The summed E-state index contributed by atoms with van der Waals surface area (Å²) in [5, 5.41) is 2.68. The normalized spacial score (nSPS) is 11.8. The Balaban J connectivity index is 2.27. The summed E-state index contributed by atoms with van der Waals surface area (Å²) in [6, 6.07) is 5.68. The van der Waals surface area contributed by atoms with E-state index in [-0.39, 0.29) is 5.91 Å². The molecule has 0 saturated carbocycles. The molecule has 0 aromatic heterocycles. The molecule has 0 heterocycles. The fourth-order valence-electron chi connectivity index (χ4n) is 1.43. The highest BCUT2D eigenvalue weighted by molar-refractivity contribution is 5.80. The summed E-state index contributed by atoms with van der Waals surface area (Å²) < 4.78 is 23.6. The lowest BCUT2D eigenvalue weighted by Gasteiger charge is -2.14. The second-order valence-corrected chi connectivity index (χ2v) is 4.52. The molecule has 1 rings (SSSR count). The third-order valence-corrected chi connectivity index (χ3v) is 2.37. The van der Waals surface area contributed by atoms with Crippen LogP contribution in [0.25, 0.3) is 0 Å². The molecule has 0 aliphatic heterocycles. The molecule has 0 spiro atoms. The zero-order valence-corrected chi connectivity index (χ0v) is 11.8. The van der Waals surface area contributed by atoms with Gasteiger partial charge < -0.3 is 14.8 Å². The number of rotatable bonds is 8. The first-order valence-electron chi connectivity index (χ1n) is 6.41. The average Bonchev–Trinajstić information content (AvgIpc) is 2.37. The van der Waals surface area contributed by atoms with Crippen molar-refractivity contribution in [1.82, 2.24) is 5.32 Å². The van der Waals surface area contributed by atoms with E-state index in [0.717, 1.165) is 5.57 Å². The van der Waals surface area contributed by atoms with Gasteiger partial charge in [-0.05, 0) is 26.0 Å². The molecule has 1 amide bonds. The number of amides is 1. The molecule has 1 unspecified atom stereocenters. The summed E-state index contributed by atoms with van der Waals surface area (Å²) in [7, 11) is 0. The number of ether oxygens (including phenoxy) is 2. The van der Waals surface area contributed by atoms with Gasteiger partial charge >= 0.3 is 0 Å². The van der Waals surface area contributed by atoms with E-state index in [1.54, 1.807) is 13.0 Å². The Labute approximate surface area is 118 Å².